The van der Waals surface area contributed by atoms with Crippen LogP contribution in [0.15, 0.2) is 18.2 Å². The van der Waals surface area contributed by atoms with Crippen molar-refractivity contribution in [3.8, 4) is 0 Å². The van der Waals surface area contributed by atoms with Gasteiger partial charge in [-0.3, -0.25) is 4.79 Å². The zero-order chi connectivity index (χ0) is 16.0. The van der Waals surface area contributed by atoms with Crippen LogP contribution in [0.3, 0.4) is 0 Å². The van der Waals surface area contributed by atoms with Gasteiger partial charge in [0, 0.05) is 18.1 Å². The largest absolute Gasteiger partial charge is 0.398 e. The van der Waals surface area contributed by atoms with E-state index in [-0.39, 0.29) is 5.78 Å². The summed E-state index contributed by atoms with van der Waals surface area (Å²) in [5.74, 6) is 0.158. The smallest absolute Gasteiger partial charge is 0.164 e. The summed E-state index contributed by atoms with van der Waals surface area (Å²) < 4.78 is 0. The number of ketones is 1. The number of benzene rings is 1. The molecular formula is C20H32NO. The minimum absolute atomic E-state index is 0.158. The van der Waals surface area contributed by atoms with Crippen LogP contribution in [-0.4, -0.2) is 5.78 Å². The highest BCUT2D eigenvalue weighted by atomic mass is 16.1. The Morgan fingerprint density at radius 3 is 2.05 bits per heavy atom. The molecule has 2 N–H and O–H groups in total. The first-order valence-corrected chi connectivity index (χ1v) is 9.05. The summed E-state index contributed by atoms with van der Waals surface area (Å²) in [6.07, 6.45) is 14.9. The van der Waals surface area contributed by atoms with Gasteiger partial charge in [0.05, 0.1) is 5.69 Å². The monoisotopic (exact) mass is 302 g/mol. The van der Waals surface area contributed by atoms with Crippen molar-refractivity contribution in [3.63, 3.8) is 0 Å². The van der Waals surface area contributed by atoms with Crippen molar-refractivity contribution in [2.45, 2.75) is 84.0 Å². The van der Waals surface area contributed by atoms with E-state index in [1.54, 1.807) is 12.1 Å². The van der Waals surface area contributed by atoms with Crippen molar-refractivity contribution in [2.75, 3.05) is 5.73 Å². The zero-order valence-corrected chi connectivity index (χ0v) is 14.2. The van der Waals surface area contributed by atoms with Gasteiger partial charge in [-0.2, -0.15) is 0 Å². The summed E-state index contributed by atoms with van der Waals surface area (Å²) in [5.41, 5.74) is 6.89. The van der Waals surface area contributed by atoms with E-state index in [0.717, 1.165) is 12.8 Å². The number of rotatable bonds is 13. The van der Waals surface area contributed by atoms with Crippen molar-refractivity contribution in [1.82, 2.24) is 0 Å². The summed E-state index contributed by atoms with van der Waals surface area (Å²) in [7, 11) is 0. The van der Waals surface area contributed by atoms with Gasteiger partial charge >= 0.3 is 0 Å². The molecule has 0 heterocycles. The minimum atomic E-state index is 0.158. The van der Waals surface area contributed by atoms with E-state index in [1.165, 1.54) is 57.8 Å². The van der Waals surface area contributed by atoms with E-state index in [1.807, 2.05) is 6.07 Å². The first kappa shape index (κ1) is 18.7. The molecule has 1 radical (unpaired) electrons. The fourth-order valence-corrected chi connectivity index (χ4v) is 2.78. The molecule has 0 saturated carbocycles. The second-order valence-electron chi connectivity index (χ2n) is 6.21. The fourth-order valence-electron chi connectivity index (χ4n) is 2.78. The number of Topliss-reactive ketones (excluding diaryl/α,β-unsaturated/α-hetero) is 1. The summed E-state index contributed by atoms with van der Waals surface area (Å²) in [5, 5.41) is 0. The fraction of sp³-hybridized carbons (Fsp3) is 0.650. The number of nitrogen functional groups attached to an aromatic ring is 1. The molecule has 1 rings (SSSR count). The Kier molecular flexibility index (Phi) is 10.4. The number of hydrogen-bond acceptors (Lipinski definition) is 2. The third kappa shape index (κ3) is 8.21. The predicted molar refractivity (Wildman–Crippen MR) is 95.1 cm³/mol. The number of carbonyl (C=O) groups excluding carboxylic acids is 1. The summed E-state index contributed by atoms with van der Waals surface area (Å²) in [6, 6.07) is 8.25. The SMILES string of the molecule is CCCCCCCCCCCCCC(=O)c1ccc[c]c1N. The predicted octanol–water partition coefficient (Wildman–Crippen LogP) is 5.95. The van der Waals surface area contributed by atoms with E-state index in [9.17, 15) is 4.79 Å². The molecule has 0 atom stereocenters. The van der Waals surface area contributed by atoms with Crippen LogP contribution in [0.5, 0.6) is 0 Å². The van der Waals surface area contributed by atoms with Crippen molar-refractivity contribution in [1.29, 1.82) is 0 Å². The van der Waals surface area contributed by atoms with Gasteiger partial charge in [0.1, 0.15) is 0 Å². The second-order valence-corrected chi connectivity index (χ2v) is 6.21. The standard InChI is InChI=1S/C20H32NO/c1-2-3-4-5-6-7-8-9-10-11-12-17-20(22)18-15-13-14-16-19(18)21/h13-15H,2-12,17,21H2,1H3. The molecule has 0 fully saturated rings. The van der Waals surface area contributed by atoms with E-state index in [0.29, 0.717) is 17.7 Å². The Morgan fingerprint density at radius 2 is 1.50 bits per heavy atom. The van der Waals surface area contributed by atoms with Crippen molar-refractivity contribution in [2.24, 2.45) is 0 Å². The average Bonchev–Trinajstić information content (AvgIpc) is 2.53. The highest BCUT2D eigenvalue weighted by Crippen LogP contribution is 2.16. The van der Waals surface area contributed by atoms with E-state index < -0.39 is 0 Å². The van der Waals surface area contributed by atoms with Crippen LogP contribution >= 0.6 is 0 Å². The number of nitrogens with two attached hydrogens (primary N) is 1. The zero-order valence-electron chi connectivity index (χ0n) is 14.2. The number of hydrogen-bond donors (Lipinski definition) is 1. The van der Waals surface area contributed by atoms with Gasteiger partial charge in [0.25, 0.3) is 0 Å². The Labute approximate surface area is 136 Å². The van der Waals surface area contributed by atoms with E-state index in [4.69, 9.17) is 5.73 Å². The molecule has 2 nitrogen and oxygen atoms in total. The molecule has 0 aliphatic carbocycles. The van der Waals surface area contributed by atoms with Crippen LogP contribution in [-0.2, 0) is 0 Å². The Balaban J connectivity index is 1.95. The minimum Gasteiger partial charge on any atom is -0.398 e. The van der Waals surface area contributed by atoms with Gasteiger partial charge in [-0.15, -0.1) is 0 Å². The first-order chi connectivity index (χ1) is 10.8. The molecule has 0 saturated heterocycles. The van der Waals surface area contributed by atoms with Gasteiger partial charge in [-0.25, -0.2) is 0 Å². The number of carbonyl (C=O) groups is 1. The van der Waals surface area contributed by atoms with E-state index in [2.05, 4.69) is 13.0 Å². The summed E-state index contributed by atoms with van der Waals surface area (Å²) in [6.45, 7) is 2.26. The van der Waals surface area contributed by atoms with Crippen molar-refractivity contribution >= 4 is 11.5 Å². The number of anilines is 1. The van der Waals surface area contributed by atoms with Gasteiger partial charge in [0.2, 0.25) is 0 Å². The van der Waals surface area contributed by atoms with Crippen LogP contribution in [0.2, 0.25) is 0 Å². The topological polar surface area (TPSA) is 43.1 Å². The third-order valence-corrected chi connectivity index (χ3v) is 4.20. The third-order valence-electron chi connectivity index (χ3n) is 4.20. The highest BCUT2D eigenvalue weighted by molar-refractivity contribution is 6.00. The lowest BCUT2D eigenvalue weighted by molar-refractivity contribution is 0.0980. The molecule has 0 aromatic heterocycles. The van der Waals surface area contributed by atoms with Crippen LogP contribution in [0, 0.1) is 6.07 Å². The molecular weight excluding hydrogens is 270 g/mol. The Morgan fingerprint density at radius 1 is 0.955 bits per heavy atom. The maximum atomic E-state index is 12.0. The highest BCUT2D eigenvalue weighted by Gasteiger charge is 2.08. The maximum absolute atomic E-state index is 12.0. The molecule has 2 heteroatoms. The quantitative estimate of drug-likeness (QED) is 0.278. The molecule has 0 amide bonds. The lowest BCUT2D eigenvalue weighted by Gasteiger charge is -2.04. The van der Waals surface area contributed by atoms with Gasteiger partial charge in [0.15, 0.2) is 5.78 Å². The van der Waals surface area contributed by atoms with Crippen LogP contribution in [0.4, 0.5) is 5.69 Å². The van der Waals surface area contributed by atoms with Crippen LogP contribution in [0.1, 0.15) is 94.3 Å². The lowest BCUT2D eigenvalue weighted by Crippen LogP contribution is -2.03. The van der Waals surface area contributed by atoms with Gasteiger partial charge in [-0.05, 0) is 12.5 Å². The molecule has 0 aliphatic rings. The summed E-state index contributed by atoms with van der Waals surface area (Å²) in [4.78, 5) is 12.0. The Hall–Kier alpha value is -1.31. The molecule has 0 aliphatic heterocycles. The summed E-state index contributed by atoms with van der Waals surface area (Å²) >= 11 is 0. The average molecular weight is 302 g/mol. The molecule has 0 bridgehead atoms. The molecule has 0 spiro atoms. The van der Waals surface area contributed by atoms with Crippen LogP contribution in [0.25, 0.3) is 0 Å². The lowest BCUT2D eigenvalue weighted by atomic mass is 10.0. The van der Waals surface area contributed by atoms with Crippen LogP contribution < -0.4 is 5.73 Å². The van der Waals surface area contributed by atoms with Gasteiger partial charge < -0.3 is 5.73 Å². The molecule has 123 valence electrons. The second kappa shape index (κ2) is 12.3. The number of para-hydroxylation sites is 1. The van der Waals surface area contributed by atoms with Gasteiger partial charge in [-0.1, -0.05) is 83.3 Å². The maximum Gasteiger partial charge on any atom is 0.164 e. The van der Waals surface area contributed by atoms with Crippen molar-refractivity contribution < 1.29 is 4.79 Å². The molecule has 1 aromatic carbocycles. The van der Waals surface area contributed by atoms with Crippen molar-refractivity contribution in [3.05, 3.63) is 29.8 Å². The molecule has 0 unspecified atom stereocenters. The van der Waals surface area contributed by atoms with E-state index >= 15 is 0 Å². The normalized spacial score (nSPS) is 10.8. The molecule has 22 heavy (non-hydrogen) atoms. The Bertz CT molecular complexity index is 414. The molecule has 1 aromatic rings. The number of unbranched alkanes of at least 4 members (excludes halogenated alkanes) is 10. The first-order valence-electron chi connectivity index (χ1n) is 9.05.